The summed E-state index contributed by atoms with van der Waals surface area (Å²) in [6.07, 6.45) is 5.86. The Bertz CT molecular complexity index is 603. The maximum atomic E-state index is 14.3. The van der Waals surface area contributed by atoms with E-state index < -0.39 is 11.6 Å². The van der Waals surface area contributed by atoms with E-state index in [4.69, 9.17) is 5.26 Å². The Labute approximate surface area is 123 Å². The fourth-order valence-corrected chi connectivity index (χ4v) is 2.32. The van der Waals surface area contributed by atoms with Crippen LogP contribution in [-0.4, -0.2) is 11.6 Å². The predicted molar refractivity (Wildman–Crippen MR) is 78.8 cm³/mol. The molecule has 1 aromatic carbocycles. The Balaban J connectivity index is 1.98. The monoisotopic (exact) mass is 284 g/mol. The van der Waals surface area contributed by atoms with Crippen LogP contribution in [0.2, 0.25) is 0 Å². The van der Waals surface area contributed by atoms with Gasteiger partial charge in [-0.25, -0.2) is 4.39 Å². The van der Waals surface area contributed by atoms with Crippen LogP contribution in [0.4, 0.5) is 4.39 Å². The highest BCUT2D eigenvalue weighted by Crippen LogP contribution is 2.30. The van der Waals surface area contributed by atoms with Gasteiger partial charge in [-0.3, -0.25) is 4.79 Å². The van der Waals surface area contributed by atoms with Gasteiger partial charge in [0, 0.05) is 12.3 Å². The van der Waals surface area contributed by atoms with Gasteiger partial charge in [-0.2, -0.15) is 5.26 Å². The summed E-state index contributed by atoms with van der Waals surface area (Å²) in [5.74, 6) is -1.02. The molecule has 0 saturated heterocycles. The highest BCUT2D eigenvalue weighted by atomic mass is 19.1. The second-order valence-corrected chi connectivity index (χ2v) is 5.13. The standard InChI is InChI=1S/C17H17FN2O/c1-13(14-7-3-2-4-8-14)20-16(21)11-15-9-5-6-10-17(15,18)12-19/h2-10,13,15H,11H2,1H3,(H,20,21)/t13-,15+,17?/m1/s1. The minimum atomic E-state index is -2.11. The number of halogens is 1. The molecular formula is C17H17FN2O. The van der Waals surface area contributed by atoms with Crippen molar-refractivity contribution >= 4 is 5.91 Å². The molecule has 1 aliphatic rings. The molecule has 0 aliphatic heterocycles. The molecule has 2 rings (SSSR count). The summed E-state index contributed by atoms with van der Waals surface area (Å²) in [4.78, 5) is 12.1. The summed E-state index contributed by atoms with van der Waals surface area (Å²) in [5, 5.41) is 11.8. The lowest BCUT2D eigenvalue weighted by atomic mass is 9.84. The SMILES string of the molecule is C[C@@H](NC(=O)C[C@@H]1C=CC=CC1(F)C#N)c1ccccc1. The van der Waals surface area contributed by atoms with Gasteiger partial charge in [0.05, 0.1) is 6.04 Å². The van der Waals surface area contributed by atoms with Crippen molar-refractivity contribution in [3.8, 4) is 6.07 Å². The van der Waals surface area contributed by atoms with E-state index in [9.17, 15) is 9.18 Å². The first-order valence-corrected chi connectivity index (χ1v) is 6.85. The average Bonchev–Trinajstić information content (AvgIpc) is 2.50. The third-order valence-corrected chi connectivity index (χ3v) is 3.59. The number of hydrogen-bond donors (Lipinski definition) is 1. The van der Waals surface area contributed by atoms with Crippen LogP contribution in [0.3, 0.4) is 0 Å². The zero-order valence-electron chi connectivity index (χ0n) is 11.8. The first-order valence-electron chi connectivity index (χ1n) is 6.85. The van der Waals surface area contributed by atoms with Crippen LogP contribution in [0.5, 0.6) is 0 Å². The molecule has 1 aromatic rings. The molecule has 0 saturated carbocycles. The van der Waals surface area contributed by atoms with E-state index in [-0.39, 0.29) is 18.4 Å². The molecule has 0 fully saturated rings. The predicted octanol–water partition coefficient (Wildman–Crippen LogP) is 3.23. The van der Waals surface area contributed by atoms with Crippen LogP contribution >= 0.6 is 0 Å². The molecule has 4 heteroatoms. The molecule has 0 aromatic heterocycles. The number of alkyl halides is 1. The zero-order chi connectivity index (χ0) is 15.3. The number of nitrogens with one attached hydrogen (secondary N) is 1. The molecule has 1 N–H and O–H groups in total. The largest absolute Gasteiger partial charge is 0.350 e. The summed E-state index contributed by atoms with van der Waals surface area (Å²) in [7, 11) is 0. The van der Waals surface area contributed by atoms with Gasteiger partial charge in [0.2, 0.25) is 11.6 Å². The van der Waals surface area contributed by atoms with Crippen LogP contribution in [0.25, 0.3) is 0 Å². The van der Waals surface area contributed by atoms with Gasteiger partial charge in [-0.05, 0) is 18.6 Å². The van der Waals surface area contributed by atoms with E-state index in [1.165, 1.54) is 12.2 Å². The third-order valence-electron chi connectivity index (χ3n) is 3.59. The van der Waals surface area contributed by atoms with Gasteiger partial charge in [0.25, 0.3) is 0 Å². The van der Waals surface area contributed by atoms with Gasteiger partial charge in [-0.1, -0.05) is 48.6 Å². The minimum absolute atomic E-state index is 0.0535. The van der Waals surface area contributed by atoms with Crippen LogP contribution < -0.4 is 5.32 Å². The number of carbonyl (C=O) groups excluding carboxylic acids is 1. The lowest BCUT2D eigenvalue weighted by Gasteiger charge is -2.25. The molecule has 108 valence electrons. The van der Waals surface area contributed by atoms with Crippen molar-refractivity contribution in [2.24, 2.45) is 5.92 Å². The zero-order valence-corrected chi connectivity index (χ0v) is 11.8. The number of amides is 1. The van der Waals surface area contributed by atoms with E-state index in [0.717, 1.165) is 5.56 Å². The Morgan fingerprint density at radius 2 is 2.14 bits per heavy atom. The van der Waals surface area contributed by atoms with Crippen molar-refractivity contribution in [2.75, 3.05) is 0 Å². The molecule has 1 amide bonds. The smallest absolute Gasteiger partial charge is 0.221 e. The lowest BCUT2D eigenvalue weighted by molar-refractivity contribution is -0.122. The summed E-state index contributed by atoms with van der Waals surface area (Å²) < 4.78 is 14.3. The van der Waals surface area contributed by atoms with E-state index in [0.29, 0.717) is 0 Å². The summed E-state index contributed by atoms with van der Waals surface area (Å²) >= 11 is 0. The topological polar surface area (TPSA) is 52.9 Å². The molecular weight excluding hydrogens is 267 g/mol. The van der Waals surface area contributed by atoms with Gasteiger partial charge in [-0.15, -0.1) is 0 Å². The van der Waals surface area contributed by atoms with Gasteiger partial charge in [0.15, 0.2) is 0 Å². The molecule has 3 atom stereocenters. The van der Waals surface area contributed by atoms with E-state index in [2.05, 4.69) is 5.32 Å². The Kier molecular flexibility index (Phi) is 4.54. The molecule has 0 radical (unpaired) electrons. The first-order chi connectivity index (χ1) is 10.0. The molecule has 1 unspecified atom stereocenters. The average molecular weight is 284 g/mol. The van der Waals surface area contributed by atoms with E-state index in [1.807, 2.05) is 37.3 Å². The Morgan fingerprint density at radius 1 is 1.43 bits per heavy atom. The van der Waals surface area contributed by atoms with Crippen LogP contribution in [0.15, 0.2) is 54.6 Å². The Hall–Kier alpha value is -2.41. The van der Waals surface area contributed by atoms with Crippen LogP contribution in [0, 0.1) is 17.2 Å². The maximum absolute atomic E-state index is 14.3. The van der Waals surface area contributed by atoms with Gasteiger partial charge in [0.1, 0.15) is 6.07 Å². The number of hydrogen-bond acceptors (Lipinski definition) is 2. The molecule has 0 heterocycles. The second kappa shape index (κ2) is 6.36. The quantitative estimate of drug-likeness (QED) is 0.923. The molecule has 21 heavy (non-hydrogen) atoms. The van der Waals surface area contributed by atoms with Crippen LogP contribution in [-0.2, 0) is 4.79 Å². The van der Waals surface area contributed by atoms with Crippen molar-refractivity contribution in [2.45, 2.75) is 25.1 Å². The van der Waals surface area contributed by atoms with Crippen molar-refractivity contribution in [3.63, 3.8) is 0 Å². The second-order valence-electron chi connectivity index (χ2n) is 5.13. The highest BCUT2D eigenvalue weighted by molar-refractivity contribution is 5.77. The van der Waals surface area contributed by atoms with Gasteiger partial charge >= 0.3 is 0 Å². The third kappa shape index (κ3) is 3.57. The molecule has 3 nitrogen and oxygen atoms in total. The van der Waals surface area contributed by atoms with E-state index >= 15 is 0 Å². The number of nitriles is 1. The normalized spacial score (nSPS) is 25.1. The fraction of sp³-hybridized carbons (Fsp3) is 0.294. The van der Waals surface area contributed by atoms with Gasteiger partial charge < -0.3 is 5.32 Å². The number of carbonyl (C=O) groups is 1. The highest BCUT2D eigenvalue weighted by Gasteiger charge is 2.37. The van der Waals surface area contributed by atoms with Crippen molar-refractivity contribution in [1.82, 2.24) is 5.32 Å². The van der Waals surface area contributed by atoms with Crippen molar-refractivity contribution < 1.29 is 9.18 Å². The maximum Gasteiger partial charge on any atom is 0.221 e. The van der Waals surface area contributed by atoms with Crippen molar-refractivity contribution in [3.05, 3.63) is 60.2 Å². The number of rotatable bonds is 4. The minimum Gasteiger partial charge on any atom is -0.350 e. The first kappa shape index (κ1) is 15.0. The molecule has 0 bridgehead atoms. The number of allylic oxidation sites excluding steroid dienone is 4. The van der Waals surface area contributed by atoms with Crippen LogP contribution in [0.1, 0.15) is 24.9 Å². The Morgan fingerprint density at radius 3 is 2.81 bits per heavy atom. The number of nitrogens with zero attached hydrogens (tertiary/aromatic N) is 1. The lowest BCUT2D eigenvalue weighted by Crippen LogP contribution is -2.35. The molecule has 1 aliphatic carbocycles. The fourth-order valence-electron chi connectivity index (χ4n) is 2.32. The summed E-state index contributed by atoms with van der Waals surface area (Å²) in [5.41, 5.74) is -1.13. The summed E-state index contributed by atoms with van der Waals surface area (Å²) in [6.45, 7) is 1.87. The molecule has 0 spiro atoms. The summed E-state index contributed by atoms with van der Waals surface area (Å²) in [6, 6.07) is 11.0. The van der Waals surface area contributed by atoms with Crippen molar-refractivity contribution in [1.29, 1.82) is 5.26 Å². The van der Waals surface area contributed by atoms with E-state index in [1.54, 1.807) is 18.2 Å². The number of benzene rings is 1.